The van der Waals surface area contributed by atoms with Crippen molar-refractivity contribution in [3.8, 4) is 0 Å². The van der Waals surface area contributed by atoms with Crippen molar-refractivity contribution in [2.45, 2.75) is 192 Å². The van der Waals surface area contributed by atoms with Gasteiger partial charge in [-0.3, -0.25) is 14.5 Å². The number of nitrogens with zero attached hydrogens (tertiary/aromatic N) is 2. The molecule has 0 aromatic carbocycles. The summed E-state index contributed by atoms with van der Waals surface area (Å²) in [5, 5.41) is 47.3. The summed E-state index contributed by atoms with van der Waals surface area (Å²) in [6, 6.07) is -0.819. The predicted octanol–water partition coefficient (Wildman–Crippen LogP) is 2.47. The molecule has 3 rings (SSSR count). The standard InChI is InChI=1S/C40H74N2O13/c1-16-29-40(11,48)35(52-27(8)43)25(6)42(14)20-21(2)18-38(9,47)34(55-37-31(44)28(41(12)13)17-22(3)50-37)23(4)32(24(5)36(46)53-29)54-30-19-39(10,49-15)33(45)26(7)51-30/h21-26,28-35,37,44-45,47-48H,16-20H2,1-15H3/t21-,22-,23+,24-,25-,26+,28+,29-,30+,31-,32+,33+,34-,35-,37+,38-,39-,40-/m1/s1. The second-order valence-corrected chi connectivity index (χ2v) is 17.8. The molecule has 3 saturated heterocycles. The molecule has 3 aliphatic heterocycles. The van der Waals surface area contributed by atoms with E-state index >= 15 is 0 Å². The molecule has 4 N–H and O–H groups in total. The van der Waals surface area contributed by atoms with E-state index in [9.17, 15) is 30.0 Å². The first-order valence-electron chi connectivity index (χ1n) is 20.0. The number of ether oxygens (including phenoxy) is 7. The highest BCUT2D eigenvalue weighted by molar-refractivity contribution is 5.73. The van der Waals surface area contributed by atoms with Crippen LogP contribution in [0.1, 0.15) is 102 Å². The van der Waals surface area contributed by atoms with Crippen LogP contribution in [0.15, 0.2) is 0 Å². The number of aliphatic hydroxyl groups is 4. The third-order valence-electron chi connectivity index (χ3n) is 12.5. The quantitative estimate of drug-likeness (QED) is 0.263. The molecule has 0 aromatic heterocycles. The van der Waals surface area contributed by atoms with Crippen molar-refractivity contribution in [2.75, 3.05) is 34.8 Å². The lowest BCUT2D eigenvalue weighted by atomic mass is 9.77. The van der Waals surface area contributed by atoms with Gasteiger partial charge in [-0.15, -0.1) is 0 Å². The third kappa shape index (κ3) is 11.2. The number of likely N-dealkylation sites (N-methyl/N-ethyl adjacent to an activating group) is 2. The lowest BCUT2D eigenvalue weighted by Gasteiger charge is -2.48. The van der Waals surface area contributed by atoms with E-state index in [0.29, 0.717) is 13.0 Å². The van der Waals surface area contributed by atoms with Crippen LogP contribution in [0.25, 0.3) is 0 Å². The molecular formula is C40H74N2O13. The number of aliphatic hydroxyl groups excluding tert-OH is 2. The van der Waals surface area contributed by atoms with Crippen LogP contribution >= 0.6 is 0 Å². The Labute approximate surface area is 329 Å². The molecule has 0 aliphatic carbocycles. The molecule has 0 radical (unpaired) electrons. The Morgan fingerprint density at radius 1 is 0.982 bits per heavy atom. The maximum atomic E-state index is 14.4. The van der Waals surface area contributed by atoms with E-state index in [4.69, 9.17) is 33.2 Å². The van der Waals surface area contributed by atoms with Gasteiger partial charge in [-0.2, -0.15) is 0 Å². The molecule has 0 spiro atoms. The maximum absolute atomic E-state index is 14.4. The van der Waals surface area contributed by atoms with Crippen molar-refractivity contribution in [1.29, 1.82) is 0 Å². The van der Waals surface area contributed by atoms with Gasteiger partial charge in [0.2, 0.25) is 0 Å². The second-order valence-electron chi connectivity index (χ2n) is 17.8. The summed E-state index contributed by atoms with van der Waals surface area (Å²) in [5.74, 6) is -3.29. The Balaban J connectivity index is 2.21. The second kappa shape index (κ2) is 19.0. The monoisotopic (exact) mass is 791 g/mol. The van der Waals surface area contributed by atoms with E-state index in [-0.39, 0.29) is 37.3 Å². The molecule has 3 heterocycles. The number of cyclic esters (lactones) is 1. The minimum absolute atomic E-state index is 0.117. The van der Waals surface area contributed by atoms with E-state index in [0.717, 1.165) is 0 Å². The Morgan fingerprint density at radius 3 is 2.15 bits per heavy atom. The molecule has 0 saturated carbocycles. The fourth-order valence-electron chi connectivity index (χ4n) is 9.12. The Morgan fingerprint density at radius 2 is 1.60 bits per heavy atom. The first-order chi connectivity index (χ1) is 25.3. The predicted molar refractivity (Wildman–Crippen MR) is 204 cm³/mol. The number of hydrogen-bond donors (Lipinski definition) is 4. The molecule has 0 aromatic rings. The normalized spacial score (nSPS) is 47.4. The van der Waals surface area contributed by atoms with Crippen LogP contribution in [0.4, 0.5) is 0 Å². The van der Waals surface area contributed by atoms with Crippen LogP contribution in [-0.2, 0) is 42.7 Å². The van der Waals surface area contributed by atoms with Gasteiger partial charge >= 0.3 is 11.9 Å². The molecule has 3 fully saturated rings. The highest BCUT2D eigenvalue weighted by Crippen LogP contribution is 2.40. The highest BCUT2D eigenvalue weighted by Gasteiger charge is 2.53. The van der Waals surface area contributed by atoms with Crippen LogP contribution in [0, 0.1) is 17.8 Å². The summed E-state index contributed by atoms with van der Waals surface area (Å²) in [7, 11) is 7.11. The highest BCUT2D eigenvalue weighted by atomic mass is 16.7. The van der Waals surface area contributed by atoms with Gasteiger partial charge in [0.1, 0.15) is 30.0 Å². The third-order valence-corrected chi connectivity index (χ3v) is 12.5. The molecule has 0 unspecified atom stereocenters. The number of methoxy groups -OCH3 is 1. The van der Waals surface area contributed by atoms with Crippen LogP contribution in [0.3, 0.4) is 0 Å². The lowest BCUT2D eigenvalue weighted by Crippen LogP contribution is -2.60. The summed E-state index contributed by atoms with van der Waals surface area (Å²) in [6.45, 7) is 19.3. The van der Waals surface area contributed by atoms with Gasteiger partial charge in [-0.1, -0.05) is 20.8 Å². The lowest BCUT2D eigenvalue weighted by molar-refractivity contribution is -0.318. The molecule has 18 atom stereocenters. The molecular weight excluding hydrogens is 716 g/mol. The SMILES string of the molecule is CC[C@H]1OC(=O)[C@H](C)[C@@H](O[C@H]2C[C@@](C)(OC)[C@@H](O)[C@H](C)O2)[C@H](C)[C@@H](O[C@@H]2O[C@H](C)C[C@H](N(C)C)[C@H]2O)[C@](C)(O)C[C@@H](C)CN(C)[C@H](C)[C@@H](OC(C)=O)[C@]1(C)O. The fourth-order valence-corrected chi connectivity index (χ4v) is 9.12. The van der Waals surface area contributed by atoms with Crippen LogP contribution in [-0.4, -0.2) is 167 Å². The average molecular weight is 791 g/mol. The average Bonchev–Trinajstić information content (AvgIpc) is 3.08. The summed E-state index contributed by atoms with van der Waals surface area (Å²) in [4.78, 5) is 30.7. The Kier molecular flexibility index (Phi) is 16.6. The molecule has 322 valence electrons. The van der Waals surface area contributed by atoms with Crippen molar-refractivity contribution in [1.82, 2.24) is 9.80 Å². The van der Waals surface area contributed by atoms with Gasteiger partial charge < -0.3 is 58.5 Å². The van der Waals surface area contributed by atoms with Gasteiger partial charge in [0.25, 0.3) is 0 Å². The van der Waals surface area contributed by atoms with Crippen LogP contribution in [0.5, 0.6) is 0 Å². The zero-order valence-corrected chi connectivity index (χ0v) is 36.1. The fraction of sp³-hybridized carbons (Fsp3) is 0.950. The summed E-state index contributed by atoms with van der Waals surface area (Å²) >= 11 is 0. The van der Waals surface area contributed by atoms with E-state index in [1.807, 2.05) is 58.6 Å². The first-order valence-corrected chi connectivity index (χ1v) is 20.0. The topological polar surface area (TPSA) is 186 Å². The summed E-state index contributed by atoms with van der Waals surface area (Å²) in [6.07, 6.45) is -8.27. The van der Waals surface area contributed by atoms with Gasteiger partial charge in [-0.25, -0.2) is 0 Å². The van der Waals surface area contributed by atoms with Gasteiger partial charge in [0.05, 0.1) is 41.5 Å². The van der Waals surface area contributed by atoms with Crippen molar-refractivity contribution in [3.05, 3.63) is 0 Å². The summed E-state index contributed by atoms with van der Waals surface area (Å²) < 4.78 is 43.5. The molecule has 0 amide bonds. The molecule has 15 heteroatoms. The van der Waals surface area contributed by atoms with Crippen molar-refractivity contribution < 1.29 is 63.2 Å². The molecule has 3 aliphatic rings. The Hall–Kier alpha value is -1.50. The van der Waals surface area contributed by atoms with Gasteiger partial charge in [0, 0.05) is 45.0 Å². The largest absolute Gasteiger partial charge is 0.459 e. The Bertz CT molecular complexity index is 1250. The first kappa shape index (κ1) is 47.9. The zero-order valence-electron chi connectivity index (χ0n) is 36.1. The van der Waals surface area contributed by atoms with Crippen molar-refractivity contribution >= 4 is 11.9 Å². The minimum Gasteiger partial charge on any atom is -0.459 e. The van der Waals surface area contributed by atoms with E-state index in [2.05, 4.69) is 0 Å². The van der Waals surface area contributed by atoms with Crippen LogP contribution in [0.2, 0.25) is 0 Å². The van der Waals surface area contributed by atoms with Crippen molar-refractivity contribution in [2.24, 2.45) is 17.8 Å². The number of carbonyl (C=O) groups excluding carboxylic acids is 2. The number of hydrogen-bond acceptors (Lipinski definition) is 15. The van der Waals surface area contributed by atoms with Crippen LogP contribution < -0.4 is 0 Å². The van der Waals surface area contributed by atoms with E-state index in [1.165, 1.54) is 21.0 Å². The van der Waals surface area contributed by atoms with E-state index in [1.54, 1.807) is 34.6 Å². The molecule has 0 bridgehead atoms. The van der Waals surface area contributed by atoms with Gasteiger partial charge in [0.15, 0.2) is 12.6 Å². The van der Waals surface area contributed by atoms with E-state index < -0.39 is 102 Å². The number of carbonyl (C=O) groups is 2. The number of rotatable bonds is 8. The van der Waals surface area contributed by atoms with Crippen molar-refractivity contribution in [3.63, 3.8) is 0 Å². The number of esters is 2. The maximum Gasteiger partial charge on any atom is 0.311 e. The zero-order chi connectivity index (χ0) is 42.0. The smallest absolute Gasteiger partial charge is 0.311 e. The molecule has 55 heavy (non-hydrogen) atoms. The minimum atomic E-state index is -1.81. The summed E-state index contributed by atoms with van der Waals surface area (Å²) in [5.41, 5.74) is -4.43. The molecule has 15 nitrogen and oxygen atoms in total. The van der Waals surface area contributed by atoms with Gasteiger partial charge in [-0.05, 0) is 94.8 Å².